The minimum absolute atomic E-state index is 0.131. The van der Waals surface area contributed by atoms with Gasteiger partial charge in [0, 0.05) is 23.9 Å². The van der Waals surface area contributed by atoms with E-state index in [0.29, 0.717) is 13.0 Å². The smallest absolute Gasteiger partial charge is 0.119 e. The first-order valence-electron chi connectivity index (χ1n) is 7.18. The highest BCUT2D eigenvalue weighted by Crippen LogP contribution is 2.41. The van der Waals surface area contributed by atoms with Crippen molar-refractivity contribution in [3.63, 3.8) is 0 Å². The molecular formula is C16H21NO3. The van der Waals surface area contributed by atoms with Crippen LogP contribution in [0.15, 0.2) is 18.2 Å². The van der Waals surface area contributed by atoms with Crippen LogP contribution in [0.3, 0.4) is 0 Å². The lowest BCUT2D eigenvalue weighted by atomic mass is 9.86. The van der Waals surface area contributed by atoms with E-state index in [1.807, 2.05) is 12.1 Å². The molecule has 0 saturated heterocycles. The van der Waals surface area contributed by atoms with Gasteiger partial charge in [-0.05, 0) is 36.6 Å². The summed E-state index contributed by atoms with van der Waals surface area (Å²) in [5.41, 5.74) is 3.16. The molecule has 0 saturated carbocycles. The monoisotopic (exact) mass is 275 g/mol. The molecule has 2 heterocycles. The van der Waals surface area contributed by atoms with Gasteiger partial charge in [0.25, 0.3) is 0 Å². The molecule has 1 unspecified atom stereocenters. The minimum Gasteiger partial charge on any atom is -0.497 e. The third kappa shape index (κ3) is 1.91. The number of aromatic amines is 1. The second kappa shape index (κ2) is 5.11. The molecule has 4 heteroatoms. The number of fused-ring (bicyclic) bond motifs is 3. The predicted molar refractivity (Wildman–Crippen MR) is 78.2 cm³/mol. The van der Waals surface area contributed by atoms with Gasteiger partial charge in [0.2, 0.25) is 0 Å². The highest BCUT2D eigenvalue weighted by atomic mass is 16.5. The fourth-order valence-corrected chi connectivity index (χ4v) is 3.26. The molecule has 0 radical (unpaired) electrons. The largest absolute Gasteiger partial charge is 0.497 e. The lowest BCUT2D eigenvalue weighted by molar-refractivity contribution is -0.0795. The molecule has 2 N–H and O–H groups in total. The van der Waals surface area contributed by atoms with Gasteiger partial charge in [0.15, 0.2) is 0 Å². The van der Waals surface area contributed by atoms with Gasteiger partial charge in [0.1, 0.15) is 11.4 Å². The molecule has 0 bridgehead atoms. The first-order chi connectivity index (χ1) is 9.74. The number of ether oxygens (including phenoxy) is 2. The van der Waals surface area contributed by atoms with Crippen LogP contribution in [0.1, 0.15) is 31.0 Å². The van der Waals surface area contributed by atoms with E-state index in [9.17, 15) is 5.11 Å². The molecule has 1 aromatic carbocycles. The third-order valence-electron chi connectivity index (χ3n) is 4.39. The van der Waals surface area contributed by atoms with Crippen LogP contribution in [0.2, 0.25) is 0 Å². The van der Waals surface area contributed by atoms with E-state index in [1.54, 1.807) is 7.11 Å². The second-order valence-corrected chi connectivity index (χ2v) is 5.31. The summed E-state index contributed by atoms with van der Waals surface area (Å²) in [6.07, 6.45) is 2.38. The van der Waals surface area contributed by atoms with Crippen molar-refractivity contribution in [2.75, 3.05) is 20.3 Å². The summed E-state index contributed by atoms with van der Waals surface area (Å²) in [6.45, 7) is 2.94. The van der Waals surface area contributed by atoms with Crippen LogP contribution in [0.4, 0.5) is 0 Å². The van der Waals surface area contributed by atoms with Gasteiger partial charge < -0.3 is 19.6 Å². The molecule has 4 nitrogen and oxygen atoms in total. The van der Waals surface area contributed by atoms with Crippen LogP contribution in [-0.2, 0) is 16.8 Å². The predicted octanol–water partition coefficient (Wildman–Crippen LogP) is 2.74. The normalized spacial score (nSPS) is 21.9. The summed E-state index contributed by atoms with van der Waals surface area (Å²) in [4.78, 5) is 3.50. The van der Waals surface area contributed by atoms with Gasteiger partial charge in [-0.1, -0.05) is 6.92 Å². The van der Waals surface area contributed by atoms with Crippen molar-refractivity contribution in [2.45, 2.75) is 31.8 Å². The number of rotatable bonds is 4. The first kappa shape index (κ1) is 13.5. The summed E-state index contributed by atoms with van der Waals surface area (Å²) in [7, 11) is 1.69. The Morgan fingerprint density at radius 2 is 2.30 bits per heavy atom. The fraction of sp³-hybridized carbons (Fsp3) is 0.500. The highest BCUT2D eigenvalue weighted by molar-refractivity contribution is 5.86. The summed E-state index contributed by atoms with van der Waals surface area (Å²) in [5, 5.41) is 10.6. The van der Waals surface area contributed by atoms with Gasteiger partial charge in [0.05, 0.1) is 19.4 Å². The molecule has 0 spiro atoms. The summed E-state index contributed by atoms with van der Waals surface area (Å²) in [6, 6.07) is 6.09. The maximum Gasteiger partial charge on any atom is 0.119 e. The SMILES string of the molecule is CCC1(CCO)OCCc2c1[nH]c1ccc(OC)cc21. The van der Waals surface area contributed by atoms with Crippen LogP contribution in [0.25, 0.3) is 10.9 Å². The van der Waals surface area contributed by atoms with Crippen molar-refractivity contribution in [3.05, 3.63) is 29.5 Å². The second-order valence-electron chi connectivity index (χ2n) is 5.31. The zero-order valence-electron chi connectivity index (χ0n) is 12.0. The van der Waals surface area contributed by atoms with Crippen molar-refractivity contribution in [3.8, 4) is 5.75 Å². The van der Waals surface area contributed by atoms with Crippen LogP contribution < -0.4 is 4.74 Å². The van der Waals surface area contributed by atoms with Gasteiger partial charge in [-0.3, -0.25) is 0 Å². The zero-order valence-corrected chi connectivity index (χ0v) is 12.0. The fourth-order valence-electron chi connectivity index (χ4n) is 3.26. The Morgan fingerprint density at radius 1 is 1.45 bits per heavy atom. The number of H-pyrrole nitrogens is 1. The van der Waals surface area contributed by atoms with Crippen LogP contribution in [-0.4, -0.2) is 30.4 Å². The van der Waals surface area contributed by atoms with Gasteiger partial charge in [-0.2, -0.15) is 0 Å². The molecule has 20 heavy (non-hydrogen) atoms. The number of aromatic nitrogens is 1. The van der Waals surface area contributed by atoms with Crippen molar-refractivity contribution in [2.24, 2.45) is 0 Å². The average Bonchev–Trinajstić information content (AvgIpc) is 2.86. The molecule has 1 aliphatic rings. The third-order valence-corrected chi connectivity index (χ3v) is 4.39. The molecule has 1 aliphatic heterocycles. The van der Waals surface area contributed by atoms with Gasteiger partial charge in [-0.15, -0.1) is 0 Å². The summed E-state index contributed by atoms with van der Waals surface area (Å²) >= 11 is 0. The van der Waals surface area contributed by atoms with E-state index in [-0.39, 0.29) is 12.2 Å². The average molecular weight is 275 g/mol. The van der Waals surface area contributed by atoms with Crippen molar-refractivity contribution < 1.29 is 14.6 Å². The quantitative estimate of drug-likeness (QED) is 0.902. The number of hydrogen-bond acceptors (Lipinski definition) is 3. The Balaban J connectivity index is 2.19. The number of nitrogens with one attached hydrogen (secondary N) is 1. The highest BCUT2D eigenvalue weighted by Gasteiger charge is 2.38. The maximum atomic E-state index is 9.38. The van der Waals surface area contributed by atoms with E-state index in [0.717, 1.165) is 29.8 Å². The lowest BCUT2D eigenvalue weighted by Crippen LogP contribution is -2.36. The van der Waals surface area contributed by atoms with Crippen molar-refractivity contribution in [1.82, 2.24) is 4.98 Å². The number of aliphatic hydroxyl groups excluding tert-OH is 1. The molecule has 1 aromatic heterocycles. The van der Waals surface area contributed by atoms with Crippen molar-refractivity contribution >= 4 is 10.9 Å². The van der Waals surface area contributed by atoms with E-state index in [1.165, 1.54) is 10.9 Å². The van der Waals surface area contributed by atoms with Crippen molar-refractivity contribution in [1.29, 1.82) is 0 Å². The Bertz CT molecular complexity index is 619. The molecule has 0 amide bonds. The summed E-state index contributed by atoms with van der Waals surface area (Å²) < 4.78 is 11.4. The van der Waals surface area contributed by atoms with Gasteiger partial charge >= 0.3 is 0 Å². The van der Waals surface area contributed by atoms with Crippen LogP contribution in [0.5, 0.6) is 5.75 Å². The number of benzene rings is 1. The Labute approximate surface area is 118 Å². The zero-order chi connectivity index (χ0) is 14.2. The maximum absolute atomic E-state index is 9.38. The van der Waals surface area contributed by atoms with Gasteiger partial charge in [-0.25, -0.2) is 0 Å². The molecule has 1 atom stereocenters. The Kier molecular flexibility index (Phi) is 3.44. The number of aliphatic hydroxyl groups is 1. The standard InChI is InChI=1S/C16H21NO3/c1-3-16(7-8-18)15-12(6-9-20-16)13-10-11(19-2)4-5-14(13)17-15/h4-5,10,17-18H,3,6-9H2,1-2H3. The molecule has 2 aromatic rings. The van der Waals surface area contributed by atoms with E-state index in [2.05, 4.69) is 18.0 Å². The Morgan fingerprint density at radius 3 is 3.00 bits per heavy atom. The topological polar surface area (TPSA) is 54.5 Å². The van der Waals surface area contributed by atoms with E-state index in [4.69, 9.17) is 9.47 Å². The lowest BCUT2D eigenvalue weighted by Gasteiger charge is -2.36. The van der Waals surface area contributed by atoms with Crippen LogP contribution in [0, 0.1) is 0 Å². The molecule has 0 fully saturated rings. The molecule has 0 aliphatic carbocycles. The molecular weight excluding hydrogens is 254 g/mol. The van der Waals surface area contributed by atoms with E-state index >= 15 is 0 Å². The van der Waals surface area contributed by atoms with Crippen LogP contribution >= 0.6 is 0 Å². The molecule has 108 valence electrons. The number of methoxy groups -OCH3 is 1. The Hall–Kier alpha value is -1.52. The summed E-state index contributed by atoms with van der Waals surface area (Å²) in [5.74, 6) is 0.870. The number of hydrogen-bond donors (Lipinski definition) is 2. The first-order valence-corrected chi connectivity index (χ1v) is 7.18. The van der Waals surface area contributed by atoms with E-state index < -0.39 is 0 Å². The minimum atomic E-state index is -0.380. The molecule has 3 rings (SSSR count).